The largest absolute Gasteiger partial charge is 0.345 e. The summed E-state index contributed by atoms with van der Waals surface area (Å²) in [5, 5.41) is 3.72. The number of nitrogens with zero attached hydrogens (tertiary/aromatic N) is 3. The number of para-hydroxylation sites is 2. The topological polar surface area (TPSA) is 67.2 Å². The van der Waals surface area contributed by atoms with Crippen molar-refractivity contribution in [3.05, 3.63) is 90.0 Å². The van der Waals surface area contributed by atoms with Gasteiger partial charge in [-0.2, -0.15) is 0 Å². The second-order valence-electron chi connectivity index (χ2n) is 7.88. The Morgan fingerprint density at radius 3 is 2.36 bits per heavy atom. The number of hydrogen-bond acceptors (Lipinski definition) is 4. The third-order valence-electron chi connectivity index (χ3n) is 5.24. The minimum Gasteiger partial charge on any atom is -0.345 e. The first-order valence-electron chi connectivity index (χ1n) is 10.7. The van der Waals surface area contributed by atoms with Crippen LogP contribution in [0.25, 0.3) is 11.0 Å². The lowest BCUT2D eigenvalue weighted by atomic mass is 10.1. The smallest absolute Gasteiger partial charge is 0.253 e. The lowest BCUT2D eigenvalue weighted by Crippen LogP contribution is -2.21. The van der Waals surface area contributed by atoms with Crippen molar-refractivity contribution in [2.24, 2.45) is 0 Å². The van der Waals surface area contributed by atoms with Crippen LogP contribution in [0.5, 0.6) is 0 Å². The van der Waals surface area contributed by atoms with Gasteiger partial charge in [0.25, 0.3) is 5.91 Å². The normalized spacial score (nSPS) is 10.8. The SMILES string of the molecule is CN(C)C(=O)c1ccc(NC(=O)CSc2nc3ccccc3n2CCc2ccccc2)cc1. The number of carbonyl (C=O) groups excluding carboxylic acids is 2. The molecule has 0 aliphatic carbocycles. The van der Waals surface area contributed by atoms with Crippen LogP contribution >= 0.6 is 11.8 Å². The molecule has 168 valence electrons. The zero-order valence-electron chi connectivity index (χ0n) is 18.7. The summed E-state index contributed by atoms with van der Waals surface area (Å²) in [5.41, 5.74) is 4.50. The van der Waals surface area contributed by atoms with Crippen molar-refractivity contribution in [1.29, 1.82) is 0 Å². The van der Waals surface area contributed by atoms with Gasteiger partial charge < -0.3 is 14.8 Å². The molecule has 33 heavy (non-hydrogen) atoms. The molecular formula is C26H26N4O2S. The Balaban J connectivity index is 1.42. The van der Waals surface area contributed by atoms with Crippen molar-refractivity contribution in [2.45, 2.75) is 18.1 Å². The molecule has 4 aromatic rings. The average Bonchev–Trinajstić information content (AvgIpc) is 3.19. The maximum absolute atomic E-state index is 12.6. The van der Waals surface area contributed by atoms with Crippen molar-refractivity contribution in [2.75, 3.05) is 25.2 Å². The molecule has 0 atom stereocenters. The van der Waals surface area contributed by atoms with Gasteiger partial charge >= 0.3 is 0 Å². The molecule has 1 N–H and O–H groups in total. The number of anilines is 1. The number of thioether (sulfide) groups is 1. The molecule has 0 spiro atoms. The summed E-state index contributed by atoms with van der Waals surface area (Å²) in [6.07, 6.45) is 0.888. The van der Waals surface area contributed by atoms with Crippen LogP contribution in [0.15, 0.2) is 84.0 Å². The molecule has 0 saturated heterocycles. The molecule has 7 heteroatoms. The highest BCUT2D eigenvalue weighted by Gasteiger charge is 2.14. The molecule has 0 radical (unpaired) electrons. The van der Waals surface area contributed by atoms with E-state index in [1.54, 1.807) is 38.4 Å². The summed E-state index contributed by atoms with van der Waals surface area (Å²) in [6, 6.07) is 25.3. The molecule has 0 bridgehead atoms. The highest BCUT2D eigenvalue weighted by Crippen LogP contribution is 2.25. The zero-order valence-corrected chi connectivity index (χ0v) is 19.5. The summed E-state index contributed by atoms with van der Waals surface area (Å²) in [7, 11) is 3.42. The Morgan fingerprint density at radius 2 is 1.64 bits per heavy atom. The number of benzene rings is 3. The van der Waals surface area contributed by atoms with E-state index < -0.39 is 0 Å². The fraction of sp³-hybridized carbons (Fsp3) is 0.192. The van der Waals surface area contributed by atoms with Gasteiger partial charge in [0, 0.05) is 31.9 Å². The molecule has 1 heterocycles. The van der Waals surface area contributed by atoms with Crippen LogP contribution in [0.2, 0.25) is 0 Å². The lowest BCUT2D eigenvalue weighted by molar-refractivity contribution is -0.113. The van der Waals surface area contributed by atoms with Gasteiger partial charge in [-0.25, -0.2) is 4.98 Å². The van der Waals surface area contributed by atoms with Gasteiger partial charge in [-0.1, -0.05) is 54.2 Å². The van der Waals surface area contributed by atoms with E-state index in [0.29, 0.717) is 11.3 Å². The van der Waals surface area contributed by atoms with Gasteiger partial charge in [-0.15, -0.1) is 0 Å². The first-order chi connectivity index (χ1) is 16.0. The molecule has 4 rings (SSSR count). The fourth-order valence-electron chi connectivity index (χ4n) is 3.55. The van der Waals surface area contributed by atoms with Crippen molar-refractivity contribution in [3.8, 4) is 0 Å². The summed E-state index contributed by atoms with van der Waals surface area (Å²) < 4.78 is 2.18. The summed E-state index contributed by atoms with van der Waals surface area (Å²) in [6.45, 7) is 0.788. The van der Waals surface area contributed by atoms with Gasteiger partial charge in [0.2, 0.25) is 5.91 Å². The number of rotatable bonds is 8. The van der Waals surface area contributed by atoms with Gasteiger partial charge in [-0.3, -0.25) is 9.59 Å². The van der Waals surface area contributed by atoms with Gasteiger partial charge in [-0.05, 0) is 48.4 Å². The van der Waals surface area contributed by atoms with E-state index >= 15 is 0 Å². The second kappa shape index (κ2) is 10.4. The predicted molar refractivity (Wildman–Crippen MR) is 134 cm³/mol. The zero-order chi connectivity index (χ0) is 23.2. The van der Waals surface area contributed by atoms with E-state index in [9.17, 15) is 9.59 Å². The summed E-state index contributed by atoms with van der Waals surface area (Å²) in [5.74, 6) is 0.0544. The van der Waals surface area contributed by atoms with Gasteiger partial charge in [0.1, 0.15) is 0 Å². The van der Waals surface area contributed by atoms with Crippen molar-refractivity contribution < 1.29 is 9.59 Å². The monoisotopic (exact) mass is 458 g/mol. The molecule has 0 aliphatic rings. The highest BCUT2D eigenvalue weighted by atomic mass is 32.2. The van der Waals surface area contributed by atoms with Crippen LogP contribution in [0.4, 0.5) is 5.69 Å². The molecule has 0 fully saturated rings. The third-order valence-corrected chi connectivity index (χ3v) is 6.22. The van der Waals surface area contributed by atoms with E-state index in [2.05, 4.69) is 28.1 Å². The van der Waals surface area contributed by atoms with Gasteiger partial charge in [0.05, 0.1) is 16.8 Å². The standard InChI is InChI=1S/C26H26N4O2S/c1-29(2)25(32)20-12-14-21(15-13-20)27-24(31)18-33-26-28-22-10-6-7-11-23(22)30(26)17-16-19-8-4-3-5-9-19/h3-15H,16-18H2,1-2H3,(H,27,31). The first kappa shape index (κ1) is 22.6. The maximum Gasteiger partial charge on any atom is 0.253 e. The minimum atomic E-state index is -0.117. The second-order valence-corrected chi connectivity index (χ2v) is 8.83. The number of amides is 2. The van der Waals surface area contributed by atoms with Crippen LogP contribution < -0.4 is 5.32 Å². The Labute approximate surface area is 197 Å². The number of carbonyl (C=O) groups is 2. The lowest BCUT2D eigenvalue weighted by Gasteiger charge is -2.11. The Morgan fingerprint density at radius 1 is 0.939 bits per heavy atom. The number of hydrogen-bond donors (Lipinski definition) is 1. The van der Waals surface area contributed by atoms with Crippen LogP contribution in [0.1, 0.15) is 15.9 Å². The fourth-order valence-corrected chi connectivity index (χ4v) is 4.39. The Kier molecular flexibility index (Phi) is 7.10. The minimum absolute atomic E-state index is 0.0714. The number of aryl methyl sites for hydroxylation is 2. The van der Waals surface area contributed by atoms with Crippen LogP contribution in [-0.2, 0) is 17.8 Å². The summed E-state index contributed by atoms with van der Waals surface area (Å²) >= 11 is 1.43. The van der Waals surface area contributed by atoms with E-state index in [1.807, 2.05) is 36.4 Å². The molecule has 1 aromatic heterocycles. The average molecular weight is 459 g/mol. The molecule has 0 aliphatic heterocycles. The van der Waals surface area contributed by atoms with Crippen molar-refractivity contribution in [1.82, 2.24) is 14.5 Å². The molecule has 6 nitrogen and oxygen atoms in total. The molecule has 0 unspecified atom stereocenters. The number of nitrogens with one attached hydrogen (secondary N) is 1. The molecule has 3 aromatic carbocycles. The highest BCUT2D eigenvalue weighted by molar-refractivity contribution is 7.99. The number of imidazole rings is 1. The predicted octanol–water partition coefficient (Wildman–Crippen LogP) is 4.71. The molecule has 0 saturated carbocycles. The maximum atomic E-state index is 12.6. The number of aromatic nitrogens is 2. The van der Waals surface area contributed by atoms with Crippen molar-refractivity contribution >= 4 is 40.3 Å². The quantitative estimate of drug-likeness (QED) is 0.388. The third kappa shape index (κ3) is 5.62. The van der Waals surface area contributed by atoms with Crippen molar-refractivity contribution in [3.63, 3.8) is 0 Å². The molecular weight excluding hydrogens is 432 g/mol. The van der Waals surface area contributed by atoms with E-state index in [1.165, 1.54) is 22.2 Å². The first-order valence-corrected chi connectivity index (χ1v) is 11.7. The van der Waals surface area contributed by atoms with E-state index in [0.717, 1.165) is 29.2 Å². The van der Waals surface area contributed by atoms with Crippen LogP contribution in [-0.4, -0.2) is 46.1 Å². The molecule has 2 amide bonds. The van der Waals surface area contributed by atoms with E-state index in [-0.39, 0.29) is 17.6 Å². The number of fused-ring (bicyclic) bond motifs is 1. The Bertz CT molecular complexity index is 1250. The van der Waals surface area contributed by atoms with E-state index in [4.69, 9.17) is 4.98 Å². The van der Waals surface area contributed by atoms with Crippen LogP contribution in [0, 0.1) is 0 Å². The van der Waals surface area contributed by atoms with Gasteiger partial charge in [0.15, 0.2) is 5.16 Å². The Hall–Kier alpha value is -3.58. The summed E-state index contributed by atoms with van der Waals surface area (Å²) in [4.78, 5) is 30.9. The van der Waals surface area contributed by atoms with Crippen LogP contribution in [0.3, 0.4) is 0 Å².